The van der Waals surface area contributed by atoms with Crippen molar-refractivity contribution in [2.75, 3.05) is 11.9 Å². The van der Waals surface area contributed by atoms with Gasteiger partial charge in [0.05, 0.1) is 17.1 Å². The van der Waals surface area contributed by atoms with Crippen molar-refractivity contribution in [3.8, 4) is 5.69 Å². The molecule has 22 heavy (non-hydrogen) atoms. The zero-order valence-electron chi connectivity index (χ0n) is 13.1. The highest BCUT2D eigenvalue weighted by Crippen LogP contribution is 2.20. The summed E-state index contributed by atoms with van der Waals surface area (Å²) in [5.41, 5.74) is 8.08. The second-order valence-corrected chi connectivity index (χ2v) is 5.42. The number of carbonyl (C=O) groups excluding carboxylic acids is 1. The number of benzene rings is 1. The molecule has 118 valence electrons. The van der Waals surface area contributed by atoms with Crippen LogP contribution in [0.5, 0.6) is 0 Å². The van der Waals surface area contributed by atoms with Crippen molar-refractivity contribution < 1.29 is 4.79 Å². The molecular formula is C17H24N4O. The summed E-state index contributed by atoms with van der Waals surface area (Å²) in [5, 5.41) is 7.38. The van der Waals surface area contributed by atoms with Crippen LogP contribution in [-0.2, 0) is 4.79 Å². The van der Waals surface area contributed by atoms with E-state index in [0.29, 0.717) is 6.42 Å². The van der Waals surface area contributed by atoms with Crippen LogP contribution in [0.15, 0.2) is 36.5 Å². The fourth-order valence-electron chi connectivity index (χ4n) is 2.32. The molecule has 0 bridgehead atoms. The quantitative estimate of drug-likeness (QED) is 0.736. The number of hydrogen-bond acceptors (Lipinski definition) is 3. The van der Waals surface area contributed by atoms with Crippen LogP contribution in [0, 0.1) is 6.92 Å². The minimum atomic E-state index is 0.0454. The normalized spacial score (nSPS) is 10.6. The molecule has 5 heteroatoms. The minimum absolute atomic E-state index is 0.0454. The summed E-state index contributed by atoms with van der Waals surface area (Å²) < 4.78 is 1.78. The molecule has 0 fully saturated rings. The third kappa shape index (κ3) is 4.70. The number of rotatable bonds is 8. The topological polar surface area (TPSA) is 72.9 Å². The molecule has 0 spiro atoms. The van der Waals surface area contributed by atoms with Gasteiger partial charge in [0, 0.05) is 12.6 Å². The average Bonchev–Trinajstić information content (AvgIpc) is 2.94. The lowest BCUT2D eigenvalue weighted by atomic mass is 10.1. The maximum Gasteiger partial charge on any atom is 0.224 e. The summed E-state index contributed by atoms with van der Waals surface area (Å²) in [6.45, 7) is 2.67. The summed E-state index contributed by atoms with van der Waals surface area (Å²) >= 11 is 0. The van der Waals surface area contributed by atoms with Crippen LogP contribution in [0.4, 0.5) is 5.69 Å². The zero-order chi connectivity index (χ0) is 15.8. The van der Waals surface area contributed by atoms with Crippen molar-refractivity contribution in [3.05, 3.63) is 42.2 Å². The molecule has 0 aliphatic heterocycles. The van der Waals surface area contributed by atoms with E-state index in [1.165, 1.54) is 0 Å². The molecule has 0 saturated carbocycles. The van der Waals surface area contributed by atoms with Gasteiger partial charge in [0.1, 0.15) is 0 Å². The molecule has 0 aliphatic carbocycles. The van der Waals surface area contributed by atoms with E-state index in [4.69, 9.17) is 5.73 Å². The van der Waals surface area contributed by atoms with E-state index < -0.39 is 0 Å². The fourth-order valence-corrected chi connectivity index (χ4v) is 2.32. The Morgan fingerprint density at radius 1 is 1.18 bits per heavy atom. The first kappa shape index (κ1) is 16.2. The highest BCUT2D eigenvalue weighted by atomic mass is 16.1. The predicted molar refractivity (Wildman–Crippen MR) is 89.1 cm³/mol. The van der Waals surface area contributed by atoms with Crippen LogP contribution >= 0.6 is 0 Å². The number of amides is 1. The van der Waals surface area contributed by atoms with Crippen molar-refractivity contribution in [2.45, 2.75) is 39.0 Å². The first-order valence-electron chi connectivity index (χ1n) is 7.82. The van der Waals surface area contributed by atoms with Crippen LogP contribution < -0.4 is 11.1 Å². The van der Waals surface area contributed by atoms with E-state index in [2.05, 4.69) is 10.4 Å². The van der Waals surface area contributed by atoms with Crippen molar-refractivity contribution >= 4 is 11.6 Å². The Hall–Kier alpha value is -2.14. The summed E-state index contributed by atoms with van der Waals surface area (Å²) in [4.78, 5) is 12.1. The molecule has 0 saturated heterocycles. The molecule has 3 N–H and O–H groups in total. The van der Waals surface area contributed by atoms with Crippen LogP contribution in [0.1, 0.15) is 37.8 Å². The summed E-state index contributed by atoms with van der Waals surface area (Å²) in [7, 11) is 0. The van der Waals surface area contributed by atoms with Gasteiger partial charge in [-0.25, -0.2) is 4.68 Å². The smallest absolute Gasteiger partial charge is 0.224 e. The first-order chi connectivity index (χ1) is 10.7. The molecule has 1 aromatic heterocycles. The molecule has 1 aromatic carbocycles. The van der Waals surface area contributed by atoms with Gasteiger partial charge in [-0.15, -0.1) is 0 Å². The van der Waals surface area contributed by atoms with Gasteiger partial charge in [-0.1, -0.05) is 25.0 Å². The van der Waals surface area contributed by atoms with Gasteiger partial charge in [0.15, 0.2) is 0 Å². The van der Waals surface area contributed by atoms with Gasteiger partial charge < -0.3 is 11.1 Å². The number of carbonyl (C=O) groups is 1. The Bertz CT molecular complexity index is 606. The lowest BCUT2D eigenvalue weighted by molar-refractivity contribution is -0.116. The number of para-hydroxylation sites is 2. The van der Waals surface area contributed by atoms with Crippen LogP contribution in [0.2, 0.25) is 0 Å². The predicted octanol–water partition coefficient (Wildman–Crippen LogP) is 3.03. The second-order valence-electron chi connectivity index (χ2n) is 5.42. The summed E-state index contributed by atoms with van der Waals surface area (Å²) in [5.74, 6) is 0.0454. The Morgan fingerprint density at radius 2 is 1.95 bits per heavy atom. The van der Waals surface area contributed by atoms with Crippen molar-refractivity contribution in [2.24, 2.45) is 5.73 Å². The molecule has 1 heterocycles. The molecule has 0 aliphatic rings. The highest BCUT2D eigenvalue weighted by molar-refractivity contribution is 5.92. The number of nitrogens with one attached hydrogen (secondary N) is 1. The number of aryl methyl sites for hydroxylation is 1. The van der Waals surface area contributed by atoms with E-state index >= 15 is 0 Å². The SMILES string of the molecule is Cc1ccn(-c2ccccc2NC(=O)CCCCCCN)n1. The second kappa shape index (κ2) is 8.34. The highest BCUT2D eigenvalue weighted by Gasteiger charge is 2.08. The number of nitrogens with two attached hydrogens (primary N) is 1. The van der Waals surface area contributed by atoms with Crippen LogP contribution in [0.3, 0.4) is 0 Å². The molecule has 0 radical (unpaired) electrons. The Morgan fingerprint density at radius 3 is 2.68 bits per heavy atom. The lowest BCUT2D eigenvalue weighted by Gasteiger charge is -2.11. The molecule has 0 atom stereocenters. The van der Waals surface area contributed by atoms with Crippen molar-refractivity contribution in [1.82, 2.24) is 9.78 Å². The zero-order valence-corrected chi connectivity index (χ0v) is 13.1. The van der Waals surface area contributed by atoms with Gasteiger partial charge in [-0.3, -0.25) is 4.79 Å². The number of aromatic nitrogens is 2. The third-order valence-corrected chi connectivity index (χ3v) is 3.51. The Kier molecular flexibility index (Phi) is 6.15. The molecule has 2 aromatic rings. The van der Waals surface area contributed by atoms with Crippen molar-refractivity contribution in [1.29, 1.82) is 0 Å². The molecule has 1 amide bonds. The van der Waals surface area contributed by atoms with Gasteiger partial charge >= 0.3 is 0 Å². The average molecular weight is 300 g/mol. The summed E-state index contributed by atoms with van der Waals surface area (Å²) in [6.07, 6.45) is 6.50. The van der Waals surface area contributed by atoms with Crippen LogP contribution in [-0.4, -0.2) is 22.2 Å². The van der Waals surface area contributed by atoms with Crippen LogP contribution in [0.25, 0.3) is 5.69 Å². The van der Waals surface area contributed by atoms with Crippen molar-refractivity contribution in [3.63, 3.8) is 0 Å². The van der Waals surface area contributed by atoms with Gasteiger partial charge in [-0.2, -0.15) is 5.10 Å². The monoisotopic (exact) mass is 300 g/mol. The number of unbranched alkanes of at least 4 members (excludes halogenated alkanes) is 3. The van der Waals surface area contributed by atoms with E-state index in [1.807, 2.05) is 43.5 Å². The minimum Gasteiger partial charge on any atom is -0.330 e. The largest absolute Gasteiger partial charge is 0.330 e. The van der Waals surface area contributed by atoms with E-state index in [0.717, 1.165) is 49.3 Å². The molecule has 5 nitrogen and oxygen atoms in total. The Labute approximate surface area is 131 Å². The Balaban J connectivity index is 1.94. The molecular weight excluding hydrogens is 276 g/mol. The van der Waals surface area contributed by atoms with Gasteiger partial charge in [0.25, 0.3) is 0 Å². The number of hydrogen-bond donors (Lipinski definition) is 2. The van der Waals surface area contributed by atoms with Gasteiger partial charge in [0.2, 0.25) is 5.91 Å². The summed E-state index contributed by atoms with van der Waals surface area (Å²) in [6, 6.07) is 9.64. The maximum absolute atomic E-state index is 12.1. The third-order valence-electron chi connectivity index (χ3n) is 3.51. The number of anilines is 1. The fraction of sp³-hybridized carbons (Fsp3) is 0.412. The maximum atomic E-state index is 12.1. The molecule has 2 rings (SSSR count). The van der Waals surface area contributed by atoms with E-state index in [9.17, 15) is 4.79 Å². The van der Waals surface area contributed by atoms with Gasteiger partial charge in [-0.05, 0) is 44.5 Å². The first-order valence-corrected chi connectivity index (χ1v) is 7.82. The number of nitrogens with zero attached hydrogens (tertiary/aromatic N) is 2. The molecule has 0 unspecified atom stereocenters. The van der Waals surface area contributed by atoms with E-state index in [-0.39, 0.29) is 5.91 Å². The standard InChI is InChI=1S/C17H24N4O/c1-14-11-13-21(20-14)16-9-6-5-8-15(16)19-17(22)10-4-2-3-7-12-18/h5-6,8-9,11,13H,2-4,7,10,12,18H2,1H3,(H,19,22). The lowest BCUT2D eigenvalue weighted by Crippen LogP contribution is -2.13. The van der Waals surface area contributed by atoms with E-state index in [1.54, 1.807) is 4.68 Å².